The monoisotopic (exact) mass is 404 g/mol. The Morgan fingerprint density at radius 3 is 2.59 bits per heavy atom. The maximum atomic E-state index is 9.58. The number of aliphatic imine (C=N–C) groups is 1. The molecule has 0 aromatic carbocycles. The minimum atomic E-state index is 0.169. The molecule has 6 heteroatoms. The van der Waals surface area contributed by atoms with Crippen LogP contribution in [-0.4, -0.2) is 55.3 Å². The Balaban J connectivity index is 1.65. The molecule has 1 saturated heterocycles. The molecule has 3 rings (SSSR count). The molecule has 2 aliphatic rings. The fourth-order valence-corrected chi connectivity index (χ4v) is 4.93. The van der Waals surface area contributed by atoms with Gasteiger partial charge in [0.1, 0.15) is 5.76 Å². The first-order valence-corrected chi connectivity index (χ1v) is 11.7. The van der Waals surface area contributed by atoms with Gasteiger partial charge in [-0.1, -0.05) is 25.7 Å². The molecule has 2 heterocycles. The molecular weight excluding hydrogens is 364 g/mol. The Morgan fingerprint density at radius 1 is 1.17 bits per heavy atom. The number of guanidine groups is 1. The molecule has 3 N–H and O–H groups in total. The number of aliphatic hydroxyl groups excluding tert-OH is 1. The molecule has 6 nitrogen and oxygen atoms in total. The highest BCUT2D eigenvalue weighted by Gasteiger charge is 2.31. The summed E-state index contributed by atoms with van der Waals surface area (Å²) in [6.45, 7) is 7.03. The quantitative estimate of drug-likeness (QED) is 0.432. The summed E-state index contributed by atoms with van der Waals surface area (Å²) in [6, 6.07) is 4.30. The highest BCUT2D eigenvalue weighted by Crippen LogP contribution is 2.39. The second-order valence-corrected chi connectivity index (χ2v) is 8.74. The second kappa shape index (κ2) is 11.6. The number of nitrogens with zero attached hydrogens (tertiary/aromatic N) is 2. The Bertz CT molecular complexity index is 585. The van der Waals surface area contributed by atoms with E-state index in [4.69, 9.17) is 9.41 Å². The van der Waals surface area contributed by atoms with Crippen LogP contribution in [0.1, 0.15) is 76.5 Å². The second-order valence-electron chi connectivity index (χ2n) is 8.74. The van der Waals surface area contributed by atoms with Crippen LogP contribution >= 0.6 is 0 Å². The molecule has 2 fully saturated rings. The van der Waals surface area contributed by atoms with E-state index in [1.165, 1.54) is 51.4 Å². The summed E-state index contributed by atoms with van der Waals surface area (Å²) >= 11 is 0. The Labute approximate surface area is 176 Å². The van der Waals surface area contributed by atoms with Crippen molar-refractivity contribution in [3.8, 4) is 0 Å². The first-order valence-electron chi connectivity index (χ1n) is 11.7. The zero-order chi connectivity index (χ0) is 20.4. The van der Waals surface area contributed by atoms with E-state index in [0.29, 0.717) is 0 Å². The lowest BCUT2D eigenvalue weighted by Crippen LogP contribution is -2.45. The van der Waals surface area contributed by atoms with Gasteiger partial charge in [-0.3, -0.25) is 9.89 Å². The van der Waals surface area contributed by atoms with Gasteiger partial charge in [0.25, 0.3) is 0 Å². The predicted molar refractivity (Wildman–Crippen MR) is 118 cm³/mol. The van der Waals surface area contributed by atoms with Gasteiger partial charge in [0.15, 0.2) is 5.96 Å². The molecule has 0 radical (unpaired) electrons. The topological polar surface area (TPSA) is 73.0 Å². The minimum Gasteiger partial charge on any atom is -0.468 e. The van der Waals surface area contributed by atoms with Gasteiger partial charge in [0.05, 0.1) is 12.3 Å². The summed E-state index contributed by atoms with van der Waals surface area (Å²) < 4.78 is 5.77. The lowest BCUT2D eigenvalue weighted by molar-refractivity contribution is 0.137. The fourth-order valence-electron chi connectivity index (χ4n) is 4.93. The average molecular weight is 405 g/mol. The zero-order valence-corrected chi connectivity index (χ0v) is 18.2. The SMILES string of the molecule is CCNC(=NCC1(CCO)CCCCC1)NCC(c1ccco1)N1CCCCC1. The molecule has 1 aromatic heterocycles. The van der Waals surface area contributed by atoms with Crippen LogP contribution < -0.4 is 10.6 Å². The van der Waals surface area contributed by atoms with E-state index in [9.17, 15) is 5.11 Å². The van der Waals surface area contributed by atoms with Gasteiger partial charge < -0.3 is 20.2 Å². The van der Waals surface area contributed by atoms with Gasteiger partial charge in [0, 0.05) is 26.2 Å². The van der Waals surface area contributed by atoms with Crippen LogP contribution in [0.15, 0.2) is 27.8 Å². The number of furan rings is 1. The van der Waals surface area contributed by atoms with E-state index in [1.807, 2.05) is 6.07 Å². The molecule has 1 atom stereocenters. The normalized spacial score (nSPS) is 21.7. The predicted octanol–water partition coefficient (Wildman–Crippen LogP) is 3.69. The largest absolute Gasteiger partial charge is 0.468 e. The van der Waals surface area contributed by atoms with Crippen molar-refractivity contribution < 1.29 is 9.52 Å². The number of hydrogen-bond donors (Lipinski definition) is 3. The minimum absolute atomic E-state index is 0.169. The van der Waals surface area contributed by atoms with Gasteiger partial charge in [-0.25, -0.2) is 0 Å². The van der Waals surface area contributed by atoms with Crippen LogP contribution in [0.25, 0.3) is 0 Å². The van der Waals surface area contributed by atoms with Gasteiger partial charge in [-0.15, -0.1) is 0 Å². The van der Waals surface area contributed by atoms with Crippen LogP contribution in [0.4, 0.5) is 0 Å². The average Bonchev–Trinajstić information content (AvgIpc) is 3.28. The maximum absolute atomic E-state index is 9.58. The third kappa shape index (κ3) is 6.48. The summed E-state index contributed by atoms with van der Waals surface area (Å²) in [5.74, 6) is 1.91. The van der Waals surface area contributed by atoms with Crippen LogP contribution in [0.3, 0.4) is 0 Å². The van der Waals surface area contributed by atoms with E-state index in [1.54, 1.807) is 6.26 Å². The molecule has 1 aromatic rings. The van der Waals surface area contributed by atoms with Gasteiger partial charge >= 0.3 is 0 Å². The van der Waals surface area contributed by atoms with Crippen LogP contribution in [0.5, 0.6) is 0 Å². The number of piperidine rings is 1. The molecule has 1 unspecified atom stereocenters. The first-order chi connectivity index (χ1) is 14.3. The lowest BCUT2D eigenvalue weighted by atomic mass is 9.72. The highest BCUT2D eigenvalue weighted by atomic mass is 16.3. The summed E-state index contributed by atoms with van der Waals surface area (Å²) in [5, 5.41) is 16.6. The summed E-state index contributed by atoms with van der Waals surface area (Å²) in [5.41, 5.74) is 0.169. The smallest absolute Gasteiger partial charge is 0.191 e. The zero-order valence-electron chi connectivity index (χ0n) is 18.2. The van der Waals surface area contributed by atoms with Gasteiger partial charge in [-0.2, -0.15) is 0 Å². The third-order valence-corrected chi connectivity index (χ3v) is 6.64. The number of rotatable bonds is 9. The maximum Gasteiger partial charge on any atom is 0.191 e. The molecule has 1 aliphatic carbocycles. The van der Waals surface area contributed by atoms with Crippen molar-refractivity contribution >= 4 is 5.96 Å². The van der Waals surface area contributed by atoms with E-state index in [2.05, 4.69) is 28.5 Å². The molecule has 1 saturated carbocycles. The van der Waals surface area contributed by atoms with Crippen LogP contribution in [-0.2, 0) is 0 Å². The Hall–Kier alpha value is -1.53. The fraction of sp³-hybridized carbons (Fsp3) is 0.783. The third-order valence-electron chi connectivity index (χ3n) is 6.64. The van der Waals surface area contributed by atoms with Crippen molar-refractivity contribution in [2.24, 2.45) is 10.4 Å². The number of nitrogens with one attached hydrogen (secondary N) is 2. The summed E-state index contributed by atoms with van der Waals surface area (Å²) in [7, 11) is 0. The molecular formula is C23H40N4O2. The Morgan fingerprint density at radius 2 is 1.93 bits per heavy atom. The number of likely N-dealkylation sites (tertiary alicyclic amines) is 1. The van der Waals surface area contributed by atoms with E-state index >= 15 is 0 Å². The van der Waals surface area contributed by atoms with Gasteiger partial charge in [0.2, 0.25) is 0 Å². The molecule has 0 amide bonds. The highest BCUT2D eigenvalue weighted by molar-refractivity contribution is 5.79. The lowest BCUT2D eigenvalue weighted by Gasteiger charge is -2.36. The van der Waals surface area contributed by atoms with E-state index < -0.39 is 0 Å². The summed E-state index contributed by atoms with van der Waals surface area (Å²) in [4.78, 5) is 7.50. The Kier molecular flexibility index (Phi) is 8.87. The first kappa shape index (κ1) is 22.2. The van der Waals surface area contributed by atoms with Crippen LogP contribution in [0, 0.1) is 5.41 Å². The van der Waals surface area contributed by atoms with Crippen molar-refractivity contribution in [1.82, 2.24) is 15.5 Å². The van der Waals surface area contributed by atoms with E-state index in [-0.39, 0.29) is 18.1 Å². The van der Waals surface area contributed by atoms with Crippen molar-refractivity contribution in [2.75, 3.05) is 39.3 Å². The van der Waals surface area contributed by atoms with Gasteiger partial charge in [-0.05, 0) is 69.7 Å². The number of aliphatic hydroxyl groups is 1. The van der Waals surface area contributed by atoms with Crippen molar-refractivity contribution in [1.29, 1.82) is 0 Å². The molecule has 164 valence electrons. The van der Waals surface area contributed by atoms with Crippen molar-refractivity contribution in [2.45, 2.75) is 70.8 Å². The van der Waals surface area contributed by atoms with Crippen molar-refractivity contribution in [3.05, 3.63) is 24.2 Å². The standard InChI is InChI=1S/C23H40N4O2/c1-2-24-22(26-19-23(13-16-28)11-5-3-6-12-23)25-18-20(21-10-9-17-29-21)27-14-7-4-8-15-27/h9-10,17,20,28H,2-8,11-16,18-19H2,1H3,(H2,24,25,26). The molecule has 1 aliphatic heterocycles. The molecule has 0 bridgehead atoms. The van der Waals surface area contributed by atoms with Crippen molar-refractivity contribution in [3.63, 3.8) is 0 Å². The molecule has 0 spiro atoms. The van der Waals surface area contributed by atoms with Crippen LogP contribution in [0.2, 0.25) is 0 Å². The molecule has 29 heavy (non-hydrogen) atoms. The van der Waals surface area contributed by atoms with E-state index in [0.717, 1.165) is 50.9 Å². The summed E-state index contributed by atoms with van der Waals surface area (Å²) in [6.07, 6.45) is 12.7. The number of hydrogen-bond acceptors (Lipinski definition) is 4.